The quantitative estimate of drug-likeness (QED) is 0.643. The first-order valence-corrected chi connectivity index (χ1v) is 11.9. The molecule has 3 aromatic carbocycles. The number of rotatable bonds is 5. The molecule has 0 aliphatic carbocycles. The summed E-state index contributed by atoms with van der Waals surface area (Å²) in [5.74, 6) is -0.342. The molecule has 7 heteroatoms. The zero-order valence-electron chi connectivity index (χ0n) is 18.4. The van der Waals surface area contributed by atoms with Gasteiger partial charge in [0.25, 0.3) is 0 Å². The Hall–Kier alpha value is -3.16. The number of aryl methyl sites for hydroxylation is 1. The van der Waals surface area contributed by atoms with Gasteiger partial charge in [0.05, 0.1) is 4.90 Å². The number of benzene rings is 3. The van der Waals surface area contributed by atoms with E-state index < -0.39 is 16.1 Å². The minimum atomic E-state index is -3.87. The van der Waals surface area contributed by atoms with Gasteiger partial charge in [0.1, 0.15) is 6.04 Å². The lowest BCUT2D eigenvalue weighted by Gasteiger charge is -2.35. The van der Waals surface area contributed by atoms with E-state index in [1.54, 1.807) is 30.3 Å². The Morgan fingerprint density at radius 3 is 2.34 bits per heavy atom. The Morgan fingerprint density at radius 1 is 0.969 bits per heavy atom. The van der Waals surface area contributed by atoms with E-state index in [1.165, 1.54) is 4.31 Å². The van der Waals surface area contributed by atoms with Crippen LogP contribution in [0.25, 0.3) is 0 Å². The van der Waals surface area contributed by atoms with Gasteiger partial charge in [-0.05, 0) is 54.8 Å². The second kappa shape index (κ2) is 8.76. The van der Waals surface area contributed by atoms with E-state index in [4.69, 9.17) is 0 Å². The maximum atomic E-state index is 13.6. The second-order valence-corrected chi connectivity index (χ2v) is 10.2. The number of carbonyl (C=O) groups excluding carboxylic acids is 1. The van der Waals surface area contributed by atoms with Crippen molar-refractivity contribution in [2.24, 2.45) is 0 Å². The third kappa shape index (κ3) is 4.40. The van der Waals surface area contributed by atoms with Gasteiger partial charge in [-0.15, -0.1) is 0 Å². The molecule has 1 N–H and O–H groups in total. The summed E-state index contributed by atoms with van der Waals surface area (Å²) in [6, 6.07) is 21.1. The largest absolute Gasteiger partial charge is 0.378 e. The summed E-state index contributed by atoms with van der Waals surface area (Å²) < 4.78 is 28.4. The van der Waals surface area contributed by atoms with Gasteiger partial charge >= 0.3 is 0 Å². The molecule has 1 atom stereocenters. The summed E-state index contributed by atoms with van der Waals surface area (Å²) >= 11 is 0. The average molecular weight is 450 g/mol. The molecule has 0 bridgehead atoms. The number of carbonyl (C=O) groups is 1. The van der Waals surface area contributed by atoms with E-state index >= 15 is 0 Å². The number of hydrogen-bond donors (Lipinski definition) is 1. The van der Waals surface area contributed by atoms with Crippen molar-refractivity contribution in [2.75, 3.05) is 24.3 Å². The maximum Gasteiger partial charge on any atom is 0.244 e. The highest BCUT2D eigenvalue weighted by Crippen LogP contribution is 2.30. The number of hydrogen-bond acceptors (Lipinski definition) is 4. The van der Waals surface area contributed by atoms with Gasteiger partial charge in [-0.1, -0.05) is 48.0 Å². The van der Waals surface area contributed by atoms with Crippen LogP contribution in [0.15, 0.2) is 77.7 Å². The molecule has 32 heavy (non-hydrogen) atoms. The van der Waals surface area contributed by atoms with Crippen LogP contribution in [-0.2, 0) is 27.8 Å². The van der Waals surface area contributed by atoms with Crippen LogP contribution < -0.4 is 10.2 Å². The fourth-order valence-corrected chi connectivity index (χ4v) is 5.47. The van der Waals surface area contributed by atoms with Gasteiger partial charge in [-0.3, -0.25) is 4.79 Å². The van der Waals surface area contributed by atoms with Crippen molar-refractivity contribution in [1.29, 1.82) is 0 Å². The molecule has 0 aromatic heterocycles. The van der Waals surface area contributed by atoms with E-state index in [9.17, 15) is 13.2 Å². The highest BCUT2D eigenvalue weighted by molar-refractivity contribution is 7.89. The van der Waals surface area contributed by atoms with Gasteiger partial charge in [0.15, 0.2) is 0 Å². The van der Waals surface area contributed by atoms with Gasteiger partial charge in [0.2, 0.25) is 15.9 Å². The molecule has 0 saturated carbocycles. The summed E-state index contributed by atoms with van der Waals surface area (Å²) in [5.41, 5.74) is 4.46. The Bertz CT molecular complexity index is 1240. The monoisotopic (exact) mass is 449 g/mol. The molecule has 1 heterocycles. The fraction of sp³-hybridized carbons (Fsp3) is 0.240. The maximum absolute atomic E-state index is 13.6. The zero-order valence-corrected chi connectivity index (χ0v) is 19.3. The van der Waals surface area contributed by atoms with Crippen molar-refractivity contribution in [1.82, 2.24) is 4.31 Å². The van der Waals surface area contributed by atoms with E-state index in [0.29, 0.717) is 12.1 Å². The Kier molecular flexibility index (Phi) is 6.04. The number of sulfonamides is 1. The summed E-state index contributed by atoms with van der Waals surface area (Å²) in [6.45, 7) is 2.06. The van der Waals surface area contributed by atoms with Crippen LogP contribution in [0.1, 0.15) is 16.7 Å². The SMILES string of the molecule is Cc1ccc(S(=O)(=O)N2Cc3ccccc3C[C@H]2C(=O)Nc2cccc(N(C)C)c2)cc1. The molecule has 1 amide bonds. The van der Waals surface area contributed by atoms with Gasteiger partial charge in [-0.2, -0.15) is 4.31 Å². The molecular formula is C25H27N3O3S. The van der Waals surface area contributed by atoms with Crippen molar-refractivity contribution >= 4 is 27.3 Å². The third-order valence-corrected chi connectivity index (χ3v) is 7.63. The van der Waals surface area contributed by atoms with E-state index in [1.807, 2.05) is 68.4 Å². The van der Waals surface area contributed by atoms with Crippen LogP contribution in [0.2, 0.25) is 0 Å². The number of nitrogens with zero attached hydrogens (tertiary/aromatic N) is 2. The van der Waals surface area contributed by atoms with Crippen molar-refractivity contribution in [3.8, 4) is 0 Å². The molecule has 0 spiro atoms. The highest BCUT2D eigenvalue weighted by Gasteiger charge is 2.39. The molecule has 166 valence electrons. The normalized spacial score (nSPS) is 16.3. The molecule has 0 unspecified atom stereocenters. The van der Waals surface area contributed by atoms with Crippen LogP contribution in [0, 0.1) is 6.92 Å². The van der Waals surface area contributed by atoms with Crippen LogP contribution in [0.5, 0.6) is 0 Å². The summed E-state index contributed by atoms with van der Waals surface area (Å²) in [5, 5.41) is 2.93. The minimum Gasteiger partial charge on any atom is -0.378 e. The molecule has 3 aromatic rings. The fourth-order valence-electron chi connectivity index (χ4n) is 3.91. The lowest BCUT2D eigenvalue weighted by Crippen LogP contribution is -2.50. The molecular weight excluding hydrogens is 422 g/mol. The summed E-state index contributed by atoms with van der Waals surface area (Å²) in [7, 11) is -0.0143. The van der Waals surface area contributed by atoms with Gasteiger partial charge < -0.3 is 10.2 Å². The first-order chi connectivity index (χ1) is 15.3. The second-order valence-electron chi connectivity index (χ2n) is 8.29. The Labute approximate surface area is 189 Å². The lowest BCUT2D eigenvalue weighted by molar-refractivity contribution is -0.120. The number of nitrogens with one attached hydrogen (secondary N) is 1. The van der Waals surface area contributed by atoms with Crippen molar-refractivity contribution in [3.05, 3.63) is 89.5 Å². The Balaban J connectivity index is 1.69. The van der Waals surface area contributed by atoms with E-state index in [-0.39, 0.29) is 17.3 Å². The van der Waals surface area contributed by atoms with Crippen LogP contribution >= 0.6 is 0 Å². The molecule has 6 nitrogen and oxygen atoms in total. The Morgan fingerprint density at radius 2 is 1.66 bits per heavy atom. The van der Waals surface area contributed by atoms with E-state index in [2.05, 4.69) is 5.32 Å². The topological polar surface area (TPSA) is 69.7 Å². The van der Waals surface area contributed by atoms with Crippen molar-refractivity contribution < 1.29 is 13.2 Å². The first kappa shape index (κ1) is 22.0. The standard InChI is InChI=1S/C25H27N3O3S/c1-18-11-13-23(14-12-18)32(30,31)28-17-20-8-5-4-7-19(20)15-24(28)25(29)26-21-9-6-10-22(16-21)27(2)3/h4-14,16,24H,15,17H2,1-3H3,(H,26,29)/t24-/m0/s1. The number of anilines is 2. The van der Waals surface area contributed by atoms with Crippen molar-refractivity contribution in [3.63, 3.8) is 0 Å². The minimum absolute atomic E-state index is 0.155. The molecule has 0 radical (unpaired) electrons. The third-order valence-electron chi connectivity index (χ3n) is 5.77. The van der Waals surface area contributed by atoms with Crippen LogP contribution in [0.3, 0.4) is 0 Å². The number of amides is 1. The summed E-state index contributed by atoms with van der Waals surface area (Å²) in [6.07, 6.45) is 0.320. The van der Waals surface area contributed by atoms with Crippen LogP contribution in [0.4, 0.5) is 11.4 Å². The zero-order chi connectivity index (χ0) is 22.9. The van der Waals surface area contributed by atoms with E-state index in [0.717, 1.165) is 22.4 Å². The summed E-state index contributed by atoms with van der Waals surface area (Å²) in [4.78, 5) is 15.5. The first-order valence-electron chi connectivity index (χ1n) is 10.5. The smallest absolute Gasteiger partial charge is 0.244 e. The van der Waals surface area contributed by atoms with Gasteiger partial charge in [-0.25, -0.2) is 8.42 Å². The molecule has 1 aliphatic heterocycles. The molecule has 4 rings (SSSR count). The van der Waals surface area contributed by atoms with Gasteiger partial charge in [0, 0.05) is 32.0 Å². The molecule has 1 aliphatic rings. The molecule has 0 saturated heterocycles. The predicted molar refractivity (Wildman–Crippen MR) is 127 cm³/mol. The van der Waals surface area contributed by atoms with Crippen molar-refractivity contribution in [2.45, 2.75) is 30.8 Å². The van der Waals surface area contributed by atoms with Crippen LogP contribution in [-0.4, -0.2) is 38.8 Å². The highest BCUT2D eigenvalue weighted by atomic mass is 32.2. The predicted octanol–water partition coefficient (Wildman–Crippen LogP) is 3.82. The number of fused-ring (bicyclic) bond motifs is 1. The average Bonchev–Trinajstić information content (AvgIpc) is 2.78. The molecule has 0 fully saturated rings. The lowest BCUT2D eigenvalue weighted by atomic mass is 9.95.